The summed E-state index contributed by atoms with van der Waals surface area (Å²) in [7, 11) is 3.82. The number of pyridine rings is 1. The van der Waals surface area contributed by atoms with Crippen molar-refractivity contribution in [1.29, 1.82) is 0 Å². The summed E-state index contributed by atoms with van der Waals surface area (Å²) in [5.41, 5.74) is 10.8. The van der Waals surface area contributed by atoms with Crippen LogP contribution in [-0.2, 0) is 0 Å². The van der Waals surface area contributed by atoms with E-state index in [1.165, 1.54) is 0 Å². The normalized spacial score (nSPS) is 14.6. The summed E-state index contributed by atoms with van der Waals surface area (Å²) < 4.78 is 0. The molecule has 0 saturated carbocycles. The molecule has 6 N–H and O–H groups in total. The Kier molecular flexibility index (Phi) is 4.14. The van der Waals surface area contributed by atoms with Crippen LogP contribution in [0.2, 0.25) is 0 Å². The maximum absolute atomic E-state index is 10.1. The molecule has 1 heterocycles. The smallest absolute Gasteiger partial charge is 0.149 e. The number of anilines is 3. The van der Waals surface area contributed by atoms with Gasteiger partial charge in [-0.3, -0.25) is 0 Å². The van der Waals surface area contributed by atoms with Gasteiger partial charge < -0.3 is 26.8 Å². The van der Waals surface area contributed by atoms with E-state index in [0.717, 1.165) is 0 Å². The summed E-state index contributed by atoms with van der Waals surface area (Å²) in [5.74, 6) is 0.901. The molecule has 0 radical (unpaired) electrons. The lowest BCUT2D eigenvalue weighted by Gasteiger charge is -2.27. The van der Waals surface area contributed by atoms with E-state index in [1.54, 1.807) is 19.1 Å². The first kappa shape index (κ1) is 13.5. The quantitative estimate of drug-likeness (QED) is 0.576. The van der Waals surface area contributed by atoms with Crippen LogP contribution >= 0.6 is 0 Å². The summed E-state index contributed by atoms with van der Waals surface area (Å²) in [5, 5.41) is 13.1. The number of nitrogens with one attached hydrogen (secondary N) is 1. The van der Waals surface area contributed by atoms with Gasteiger partial charge in [0.1, 0.15) is 11.6 Å². The third-order valence-corrected chi connectivity index (χ3v) is 2.26. The Bertz CT molecular complexity index is 378. The van der Waals surface area contributed by atoms with Gasteiger partial charge in [-0.05, 0) is 33.2 Å². The van der Waals surface area contributed by atoms with Crippen molar-refractivity contribution in [3.63, 3.8) is 0 Å². The van der Waals surface area contributed by atoms with Crippen LogP contribution in [-0.4, -0.2) is 47.8 Å². The second-order valence-electron chi connectivity index (χ2n) is 4.76. The maximum atomic E-state index is 10.1. The molecule has 6 heteroatoms. The molecule has 0 fully saturated rings. The molecule has 0 aliphatic carbocycles. The van der Waals surface area contributed by atoms with Gasteiger partial charge in [0.05, 0.1) is 11.3 Å². The van der Waals surface area contributed by atoms with Crippen LogP contribution < -0.4 is 16.8 Å². The summed E-state index contributed by atoms with van der Waals surface area (Å²) >= 11 is 0. The van der Waals surface area contributed by atoms with E-state index >= 15 is 0 Å². The highest BCUT2D eigenvalue weighted by molar-refractivity contribution is 5.61. The molecular weight excluding hydrogens is 218 g/mol. The average molecular weight is 239 g/mol. The van der Waals surface area contributed by atoms with Crippen LogP contribution in [0, 0.1) is 0 Å². The van der Waals surface area contributed by atoms with Gasteiger partial charge in [-0.1, -0.05) is 0 Å². The Labute approximate surface area is 102 Å². The first-order chi connectivity index (χ1) is 7.80. The fraction of sp³-hybridized carbons (Fsp3) is 0.545. The number of nitrogens with zero attached hydrogens (tertiary/aromatic N) is 2. The lowest BCUT2D eigenvalue weighted by Crippen LogP contribution is -2.43. The van der Waals surface area contributed by atoms with E-state index in [1.807, 2.05) is 19.0 Å². The number of nitrogen functional groups attached to an aromatic ring is 2. The van der Waals surface area contributed by atoms with E-state index in [-0.39, 0.29) is 0 Å². The molecular formula is C11H21N5O. The van der Waals surface area contributed by atoms with E-state index < -0.39 is 5.60 Å². The predicted octanol–water partition coefficient (Wildman–Crippen LogP) is -0.0295. The lowest BCUT2D eigenvalue weighted by atomic mass is 10.1. The minimum absolute atomic E-state index is 0.294. The molecule has 0 bridgehead atoms. The number of hydrogen-bond acceptors (Lipinski definition) is 6. The predicted molar refractivity (Wildman–Crippen MR) is 70.7 cm³/mol. The molecule has 1 atom stereocenters. The molecule has 0 spiro atoms. The van der Waals surface area contributed by atoms with Gasteiger partial charge in [-0.15, -0.1) is 0 Å². The number of nitrogens with two attached hydrogens (primary N) is 2. The zero-order valence-corrected chi connectivity index (χ0v) is 10.6. The SMILES string of the molecule is CN(C)CC(C)(O)CNc1ccc(N)c(N)n1. The van der Waals surface area contributed by atoms with Gasteiger partial charge >= 0.3 is 0 Å². The molecule has 0 aliphatic heterocycles. The standard InChI is InChI=1S/C11H21N5O/c1-11(17,7-16(2)3)6-14-9-5-4-8(12)10(13)15-9/h4-5,17H,6-7,12H2,1-3H3,(H3,13,14,15). The van der Waals surface area contributed by atoms with Crippen molar-refractivity contribution in [2.45, 2.75) is 12.5 Å². The first-order valence-electron chi connectivity index (χ1n) is 5.43. The van der Waals surface area contributed by atoms with E-state index in [9.17, 15) is 5.11 Å². The third-order valence-electron chi connectivity index (χ3n) is 2.26. The number of rotatable bonds is 5. The molecule has 1 rings (SSSR count). The summed E-state index contributed by atoms with van der Waals surface area (Å²) in [6.07, 6.45) is 0. The Balaban J connectivity index is 2.58. The highest BCUT2D eigenvalue weighted by atomic mass is 16.3. The number of aliphatic hydroxyl groups is 1. The molecule has 0 aliphatic rings. The summed E-state index contributed by atoms with van der Waals surface area (Å²) in [4.78, 5) is 5.99. The monoisotopic (exact) mass is 239 g/mol. The van der Waals surface area contributed by atoms with Crippen LogP contribution in [0.5, 0.6) is 0 Å². The molecule has 1 aromatic heterocycles. The molecule has 17 heavy (non-hydrogen) atoms. The summed E-state index contributed by atoms with van der Waals surface area (Å²) in [6, 6.07) is 3.42. The van der Waals surface area contributed by atoms with Gasteiger partial charge in [0.15, 0.2) is 0 Å². The fourth-order valence-corrected chi connectivity index (χ4v) is 1.60. The minimum Gasteiger partial charge on any atom is -0.396 e. The molecule has 1 unspecified atom stereocenters. The highest BCUT2D eigenvalue weighted by Crippen LogP contribution is 2.15. The van der Waals surface area contributed by atoms with Gasteiger partial charge in [-0.25, -0.2) is 4.98 Å². The van der Waals surface area contributed by atoms with Gasteiger partial charge in [0, 0.05) is 13.1 Å². The van der Waals surface area contributed by atoms with Crippen molar-refractivity contribution in [3.8, 4) is 0 Å². The Hall–Kier alpha value is -1.53. The Morgan fingerprint density at radius 1 is 1.41 bits per heavy atom. The zero-order chi connectivity index (χ0) is 13.1. The van der Waals surface area contributed by atoms with Crippen molar-refractivity contribution in [1.82, 2.24) is 9.88 Å². The van der Waals surface area contributed by atoms with Crippen LogP contribution in [0.3, 0.4) is 0 Å². The van der Waals surface area contributed by atoms with Crippen molar-refractivity contribution in [2.24, 2.45) is 0 Å². The zero-order valence-electron chi connectivity index (χ0n) is 10.6. The van der Waals surface area contributed by atoms with Gasteiger partial charge in [0.25, 0.3) is 0 Å². The van der Waals surface area contributed by atoms with Crippen molar-refractivity contribution in [2.75, 3.05) is 44.0 Å². The van der Waals surface area contributed by atoms with Gasteiger partial charge in [-0.2, -0.15) is 0 Å². The number of hydrogen-bond donors (Lipinski definition) is 4. The molecule has 96 valence electrons. The first-order valence-corrected chi connectivity index (χ1v) is 5.43. The largest absolute Gasteiger partial charge is 0.396 e. The topological polar surface area (TPSA) is 100 Å². The Morgan fingerprint density at radius 2 is 2.06 bits per heavy atom. The van der Waals surface area contributed by atoms with Crippen LogP contribution in [0.25, 0.3) is 0 Å². The van der Waals surface area contributed by atoms with E-state index in [2.05, 4.69) is 10.3 Å². The van der Waals surface area contributed by atoms with Crippen LogP contribution in [0.1, 0.15) is 6.92 Å². The fourth-order valence-electron chi connectivity index (χ4n) is 1.60. The summed E-state index contributed by atoms with van der Waals surface area (Å²) in [6.45, 7) is 2.71. The van der Waals surface area contributed by atoms with E-state index in [4.69, 9.17) is 11.5 Å². The minimum atomic E-state index is -0.832. The second-order valence-corrected chi connectivity index (χ2v) is 4.76. The second kappa shape index (κ2) is 5.20. The Morgan fingerprint density at radius 3 is 2.59 bits per heavy atom. The van der Waals surface area contributed by atoms with Crippen molar-refractivity contribution < 1.29 is 5.11 Å². The average Bonchev–Trinajstić information content (AvgIpc) is 2.18. The van der Waals surface area contributed by atoms with E-state index in [0.29, 0.717) is 30.4 Å². The number of likely N-dealkylation sites (N-methyl/N-ethyl adjacent to an activating group) is 1. The molecule has 1 aromatic rings. The molecule has 6 nitrogen and oxygen atoms in total. The maximum Gasteiger partial charge on any atom is 0.149 e. The number of aromatic nitrogens is 1. The van der Waals surface area contributed by atoms with Crippen LogP contribution in [0.4, 0.5) is 17.3 Å². The van der Waals surface area contributed by atoms with Crippen molar-refractivity contribution in [3.05, 3.63) is 12.1 Å². The lowest BCUT2D eigenvalue weighted by molar-refractivity contribution is 0.0459. The van der Waals surface area contributed by atoms with Crippen molar-refractivity contribution >= 4 is 17.3 Å². The van der Waals surface area contributed by atoms with Gasteiger partial charge in [0.2, 0.25) is 0 Å². The van der Waals surface area contributed by atoms with Crippen LogP contribution in [0.15, 0.2) is 12.1 Å². The molecule has 0 aromatic carbocycles. The molecule has 0 saturated heterocycles. The molecule has 0 amide bonds. The highest BCUT2D eigenvalue weighted by Gasteiger charge is 2.21. The third kappa shape index (κ3) is 4.46.